The highest BCUT2D eigenvalue weighted by atomic mass is 32.2. The maximum absolute atomic E-state index is 12.5. The number of sulfone groups is 1. The van der Waals surface area contributed by atoms with Crippen LogP contribution >= 0.6 is 0 Å². The number of hydrogen-bond donors (Lipinski definition) is 1. The van der Waals surface area contributed by atoms with Gasteiger partial charge >= 0.3 is 0 Å². The lowest BCUT2D eigenvalue weighted by atomic mass is 10.0. The number of nitrogens with one attached hydrogen (secondary N) is 1. The molecule has 0 bridgehead atoms. The Bertz CT molecular complexity index is 1270. The molecular formula is C21H23N3O3S. The quantitative estimate of drug-likeness (QED) is 0.735. The second kappa shape index (κ2) is 5.98. The van der Waals surface area contributed by atoms with Crippen LogP contribution in [-0.2, 0) is 22.1 Å². The van der Waals surface area contributed by atoms with Crippen molar-refractivity contribution in [2.45, 2.75) is 32.1 Å². The summed E-state index contributed by atoms with van der Waals surface area (Å²) >= 11 is 0. The van der Waals surface area contributed by atoms with Crippen molar-refractivity contribution < 1.29 is 8.42 Å². The fourth-order valence-electron chi connectivity index (χ4n) is 4.32. The van der Waals surface area contributed by atoms with Gasteiger partial charge in [0.05, 0.1) is 23.7 Å². The van der Waals surface area contributed by atoms with Crippen LogP contribution in [0, 0.1) is 12.8 Å². The third-order valence-electron chi connectivity index (χ3n) is 5.70. The van der Waals surface area contributed by atoms with Crippen molar-refractivity contribution in [3.05, 3.63) is 57.6 Å². The molecule has 28 heavy (non-hydrogen) atoms. The van der Waals surface area contributed by atoms with Gasteiger partial charge in [0, 0.05) is 30.2 Å². The predicted molar refractivity (Wildman–Crippen MR) is 111 cm³/mol. The fourth-order valence-corrected chi connectivity index (χ4v) is 5.11. The van der Waals surface area contributed by atoms with Crippen LogP contribution in [0.5, 0.6) is 0 Å². The van der Waals surface area contributed by atoms with Gasteiger partial charge in [-0.1, -0.05) is 6.07 Å². The number of anilines is 1. The first-order valence-electron chi connectivity index (χ1n) is 9.59. The molecule has 1 aliphatic heterocycles. The normalized spacial score (nSPS) is 16.3. The SMILES string of the molecule is Cc1cc2n3c(c[nH]c(=O)c13)CN(CC1CC1)c1ccc(CS(C)(=O)=O)cc1-2. The standard InChI is InChI=1S/C21H23N3O3S/c1-13-7-19-17-8-15(12-28(2,26)27)5-6-18(17)23(10-14-3-4-14)11-16-9-22-21(25)20(13)24(16)19/h5-9,14H,3-4,10-12H2,1-2H3,(H,22,25). The van der Waals surface area contributed by atoms with Gasteiger partial charge < -0.3 is 14.3 Å². The molecule has 146 valence electrons. The van der Waals surface area contributed by atoms with E-state index in [0.29, 0.717) is 18.0 Å². The monoisotopic (exact) mass is 397 g/mol. The highest BCUT2D eigenvalue weighted by Gasteiger charge is 2.29. The third kappa shape index (κ3) is 2.94. The molecule has 1 fully saturated rings. The molecule has 0 atom stereocenters. The number of benzene rings is 1. The van der Waals surface area contributed by atoms with Crippen LogP contribution in [0.1, 0.15) is 29.7 Å². The minimum absolute atomic E-state index is 0.0125. The molecule has 5 rings (SSSR count). The Labute approximate surface area is 163 Å². The van der Waals surface area contributed by atoms with Crippen LogP contribution in [0.4, 0.5) is 5.69 Å². The van der Waals surface area contributed by atoms with Gasteiger partial charge in [0.1, 0.15) is 5.52 Å². The second-order valence-corrected chi connectivity index (χ2v) is 10.4. The van der Waals surface area contributed by atoms with Gasteiger partial charge in [-0.25, -0.2) is 8.42 Å². The van der Waals surface area contributed by atoms with Crippen molar-refractivity contribution >= 4 is 21.0 Å². The Morgan fingerprint density at radius 1 is 1.21 bits per heavy atom. The number of aromatic amines is 1. The number of aryl methyl sites for hydroxylation is 1. The summed E-state index contributed by atoms with van der Waals surface area (Å²) in [6.07, 6.45) is 5.57. The summed E-state index contributed by atoms with van der Waals surface area (Å²) in [6, 6.07) is 7.98. The van der Waals surface area contributed by atoms with E-state index in [1.165, 1.54) is 19.1 Å². The number of nitrogens with zero attached hydrogens (tertiary/aromatic N) is 2. The molecule has 0 saturated heterocycles. The lowest BCUT2D eigenvalue weighted by molar-refractivity contribution is 0.601. The summed E-state index contributed by atoms with van der Waals surface area (Å²) < 4.78 is 25.7. The molecule has 6 nitrogen and oxygen atoms in total. The van der Waals surface area contributed by atoms with Crippen molar-refractivity contribution in [1.82, 2.24) is 9.38 Å². The van der Waals surface area contributed by atoms with Gasteiger partial charge in [-0.05, 0) is 55.0 Å². The van der Waals surface area contributed by atoms with E-state index in [1.807, 2.05) is 41.8 Å². The zero-order chi connectivity index (χ0) is 19.6. The molecule has 3 heterocycles. The summed E-state index contributed by atoms with van der Waals surface area (Å²) in [7, 11) is -3.12. The molecule has 2 aliphatic rings. The van der Waals surface area contributed by atoms with Crippen molar-refractivity contribution in [1.29, 1.82) is 0 Å². The van der Waals surface area contributed by atoms with Crippen LogP contribution in [0.15, 0.2) is 35.3 Å². The summed E-state index contributed by atoms with van der Waals surface area (Å²) in [5, 5.41) is 0. The smallest absolute Gasteiger partial charge is 0.272 e. The average molecular weight is 398 g/mol. The Morgan fingerprint density at radius 3 is 2.71 bits per heavy atom. The molecule has 1 N–H and O–H groups in total. The molecule has 7 heteroatoms. The van der Waals surface area contributed by atoms with E-state index in [1.54, 1.807) is 0 Å². The Balaban J connectivity index is 1.77. The highest BCUT2D eigenvalue weighted by Crippen LogP contribution is 2.40. The van der Waals surface area contributed by atoms with Gasteiger partial charge in [-0.2, -0.15) is 0 Å². The molecule has 0 spiro atoms. The Hall–Kier alpha value is -2.54. The topological polar surface area (TPSA) is 74.7 Å². The zero-order valence-electron chi connectivity index (χ0n) is 16.0. The zero-order valence-corrected chi connectivity index (χ0v) is 16.8. The van der Waals surface area contributed by atoms with E-state index in [4.69, 9.17) is 0 Å². The van der Waals surface area contributed by atoms with Gasteiger partial charge in [-0.3, -0.25) is 4.79 Å². The Morgan fingerprint density at radius 2 is 2.00 bits per heavy atom. The molecule has 0 unspecified atom stereocenters. The van der Waals surface area contributed by atoms with Gasteiger partial charge in [0.2, 0.25) is 0 Å². The first-order chi connectivity index (χ1) is 13.3. The molecule has 1 aliphatic carbocycles. The highest BCUT2D eigenvalue weighted by molar-refractivity contribution is 7.89. The van der Waals surface area contributed by atoms with E-state index in [0.717, 1.165) is 40.3 Å². The van der Waals surface area contributed by atoms with Crippen LogP contribution in [0.3, 0.4) is 0 Å². The van der Waals surface area contributed by atoms with Crippen LogP contribution in [-0.4, -0.2) is 30.6 Å². The minimum Gasteiger partial charge on any atom is -0.365 e. The molecular weight excluding hydrogens is 374 g/mol. The van der Waals surface area contributed by atoms with Crippen molar-refractivity contribution in [2.24, 2.45) is 5.92 Å². The fraction of sp³-hybridized carbons (Fsp3) is 0.381. The first-order valence-corrected chi connectivity index (χ1v) is 11.6. The second-order valence-electron chi connectivity index (χ2n) is 8.25. The molecule has 1 aromatic carbocycles. The summed E-state index contributed by atoms with van der Waals surface area (Å²) in [6.45, 7) is 3.63. The lowest BCUT2D eigenvalue weighted by Gasteiger charge is -2.25. The molecule has 0 amide bonds. The number of H-pyrrole nitrogens is 1. The van der Waals surface area contributed by atoms with Crippen molar-refractivity contribution in [2.75, 3.05) is 17.7 Å². The first kappa shape index (κ1) is 17.6. The van der Waals surface area contributed by atoms with Crippen molar-refractivity contribution in [3.8, 4) is 11.3 Å². The maximum Gasteiger partial charge on any atom is 0.272 e. The number of hydrogen-bond acceptors (Lipinski definition) is 4. The van der Waals surface area contributed by atoms with E-state index >= 15 is 0 Å². The van der Waals surface area contributed by atoms with E-state index in [-0.39, 0.29) is 11.3 Å². The average Bonchev–Trinajstić information content (AvgIpc) is 3.37. The number of rotatable bonds is 4. The van der Waals surface area contributed by atoms with E-state index in [2.05, 4.69) is 9.88 Å². The lowest BCUT2D eigenvalue weighted by Crippen LogP contribution is -2.26. The van der Waals surface area contributed by atoms with Gasteiger partial charge in [0.25, 0.3) is 5.56 Å². The molecule has 3 aromatic rings. The molecule has 0 radical (unpaired) electrons. The minimum atomic E-state index is -3.12. The Kier molecular flexibility index (Phi) is 3.75. The summed E-state index contributed by atoms with van der Waals surface area (Å²) in [5.74, 6) is 0.722. The van der Waals surface area contributed by atoms with E-state index < -0.39 is 9.84 Å². The van der Waals surface area contributed by atoms with Gasteiger partial charge in [-0.15, -0.1) is 0 Å². The summed E-state index contributed by atoms with van der Waals surface area (Å²) in [5.41, 5.74) is 6.36. The maximum atomic E-state index is 12.5. The predicted octanol–water partition coefficient (Wildman–Crippen LogP) is 2.88. The van der Waals surface area contributed by atoms with Crippen LogP contribution < -0.4 is 10.5 Å². The number of fused-ring (bicyclic) bond motifs is 2. The van der Waals surface area contributed by atoms with Crippen molar-refractivity contribution in [3.63, 3.8) is 0 Å². The van der Waals surface area contributed by atoms with Crippen LogP contribution in [0.2, 0.25) is 0 Å². The van der Waals surface area contributed by atoms with Crippen LogP contribution in [0.25, 0.3) is 16.8 Å². The molecule has 1 saturated carbocycles. The van der Waals surface area contributed by atoms with Gasteiger partial charge in [0.15, 0.2) is 9.84 Å². The van der Waals surface area contributed by atoms with E-state index in [9.17, 15) is 13.2 Å². The summed E-state index contributed by atoms with van der Waals surface area (Å²) in [4.78, 5) is 17.7. The third-order valence-corrected chi connectivity index (χ3v) is 6.56. The largest absolute Gasteiger partial charge is 0.365 e. The molecule has 2 aromatic heterocycles. The number of aromatic nitrogens is 2.